The zero-order valence-electron chi connectivity index (χ0n) is 25.9. The normalized spacial score (nSPS) is 24.6. The van der Waals surface area contributed by atoms with E-state index in [9.17, 15) is 36.2 Å². The number of ether oxygens (including phenoxy) is 1. The predicted molar refractivity (Wildman–Crippen MR) is 157 cm³/mol. The lowest BCUT2D eigenvalue weighted by molar-refractivity contribution is -0.376. The molecule has 0 aromatic heterocycles. The van der Waals surface area contributed by atoms with E-state index in [2.05, 4.69) is 29.3 Å². The van der Waals surface area contributed by atoms with Crippen LogP contribution in [0.5, 0.6) is 5.75 Å². The Kier molecular flexibility index (Phi) is 8.86. The van der Waals surface area contributed by atoms with Crippen molar-refractivity contribution in [3.63, 3.8) is 0 Å². The molecule has 7 nitrogen and oxygen atoms in total. The maximum absolute atomic E-state index is 13.6. The van der Waals surface area contributed by atoms with Crippen molar-refractivity contribution in [2.75, 3.05) is 44.4 Å². The molecule has 0 saturated carbocycles. The van der Waals surface area contributed by atoms with E-state index < -0.39 is 23.5 Å². The topological polar surface area (TPSA) is 68.3 Å². The quantitative estimate of drug-likeness (QED) is 0.411. The van der Waals surface area contributed by atoms with Crippen LogP contribution in [-0.2, 0) is 28.8 Å². The lowest BCUT2D eigenvalue weighted by Crippen LogP contribution is -2.59. The smallest absolute Gasteiger partial charge is 0.430 e. The standard InChI is InChI=1S/C32H40F6N4O3/c1-5-6-22-13-25(30(44,31(33,34)35)32(36,37)38)7-9-26(22)41-15-21(3)42(16-20(41)2)28(43)17-40-18-29(4,39-19-40)24-8-10-27-23(14-24)11-12-45-27/h7-10,13-14,20-21,39,44H,5-6,11-12,15-19H2,1-4H3/t20?,21?,29-/m0/s1. The lowest BCUT2D eigenvalue weighted by Gasteiger charge is -2.46. The summed E-state index contributed by atoms with van der Waals surface area (Å²) in [6.07, 6.45) is -10.4. The molecule has 0 radical (unpaired) electrons. The minimum atomic E-state index is -5.96. The second-order valence-electron chi connectivity index (χ2n) is 12.8. The number of carbonyl (C=O) groups is 1. The molecule has 1 amide bonds. The van der Waals surface area contributed by atoms with Gasteiger partial charge in [0.2, 0.25) is 5.91 Å². The molecule has 13 heteroatoms. The summed E-state index contributed by atoms with van der Waals surface area (Å²) in [5.41, 5.74) is -3.49. The van der Waals surface area contributed by atoms with E-state index in [1.807, 2.05) is 24.8 Å². The lowest BCUT2D eigenvalue weighted by atomic mass is 9.89. The third-order valence-electron chi connectivity index (χ3n) is 9.37. The van der Waals surface area contributed by atoms with E-state index in [0.717, 1.165) is 23.8 Å². The molecule has 3 atom stereocenters. The minimum Gasteiger partial charge on any atom is -0.493 e. The highest BCUT2D eigenvalue weighted by molar-refractivity contribution is 5.79. The fourth-order valence-electron chi connectivity index (χ4n) is 6.82. The number of piperazine rings is 1. The molecule has 5 rings (SSSR count). The highest BCUT2D eigenvalue weighted by atomic mass is 19.4. The number of benzene rings is 2. The van der Waals surface area contributed by atoms with E-state index in [1.165, 1.54) is 11.6 Å². The second kappa shape index (κ2) is 12.0. The van der Waals surface area contributed by atoms with Crippen molar-refractivity contribution in [3.05, 3.63) is 58.7 Å². The Bertz CT molecular complexity index is 1400. The van der Waals surface area contributed by atoms with Gasteiger partial charge in [-0.25, -0.2) is 0 Å². The van der Waals surface area contributed by atoms with Crippen molar-refractivity contribution in [1.29, 1.82) is 0 Å². The zero-order valence-corrected chi connectivity index (χ0v) is 25.9. The van der Waals surface area contributed by atoms with Crippen LogP contribution in [0.25, 0.3) is 0 Å². The average Bonchev–Trinajstić information content (AvgIpc) is 3.59. The van der Waals surface area contributed by atoms with E-state index in [-0.39, 0.29) is 42.1 Å². The molecule has 45 heavy (non-hydrogen) atoms. The molecule has 2 N–H and O–H groups in total. The van der Waals surface area contributed by atoms with Gasteiger partial charge in [0, 0.05) is 56.1 Å². The van der Waals surface area contributed by atoms with Crippen molar-refractivity contribution < 1.29 is 41.0 Å². The Morgan fingerprint density at radius 3 is 2.42 bits per heavy atom. The number of nitrogens with zero attached hydrogens (tertiary/aromatic N) is 3. The van der Waals surface area contributed by atoms with Gasteiger partial charge >= 0.3 is 12.4 Å². The van der Waals surface area contributed by atoms with Crippen molar-refractivity contribution in [2.24, 2.45) is 0 Å². The second-order valence-corrected chi connectivity index (χ2v) is 12.8. The third kappa shape index (κ3) is 6.10. The van der Waals surface area contributed by atoms with Crippen LogP contribution in [0, 0.1) is 0 Å². The molecule has 3 heterocycles. The van der Waals surface area contributed by atoms with Crippen molar-refractivity contribution in [2.45, 2.75) is 82.5 Å². The van der Waals surface area contributed by atoms with Crippen LogP contribution in [0.4, 0.5) is 32.0 Å². The fraction of sp³-hybridized carbons (Fsp3) is 0.594. The fourth-order valence-corrected chi connectivity index (χ4v) is 6.82. The summed E-state index contributed by atoms with van der Waals surface area (Å²) in [5.74, 6) is 0.864. The SMILES string of the molecule is CCCc1cc(C(O)(C(F)(F)F)C(F)(F)F)ccc1N1CC(C)N(C(=O)CN2CN[C@](C)(c3ccc4c(c3)CCO4)C2)CC1C. The highest BCUT2D eigenvalue weighted by Gasteiger charge is 2.71. The predicted octanol–water partition coefficient (Wildman–Crippen LogP) is 5.09. The monoisotopic (exact) mass is 642 g/mol. The number of alkyl halides is 6. The maximum atomic E-state index is 13.6. The van der Waals surface area contributed by atoms with Crippen LogP contribution in [-0.4, -0.2) is 84.7 Å². The van der Waals surface area contributed by atoms with E-state index >= 15 is 0 Å². The van der Waals surface area contributed by atoms with E-state index in [1.54, 1.807) is 11.8 Å². The summed E-state index contributed by atoms with van der Waals surface area (Å²) in [4.78, 5) is 19.3. The number of hydrogen-bond donors (Lipinski definition) is 2. The first-order valence-corrected chi connectivity index (χ1v) is 15.3. The molecule has 2 saturated heterocycles. The summed E-state index contributed by atoms with van der Waals surface area (Å²) in [7, 11) is 0. The maximum Gasteiger partial charge on any atom is 0.430 e. The summed E-state index contributed by atoms with van der Waals surface area (Å²) < 4.78 is 87.1. The molecule has 248 valence electrons. The minimum absolute atomic E-state index is 0.0491. The first kappa shape index (κ1) is 33.3. The highest BCUT2D eigenvalue weighted by Crippen LogP contribution is 2.50. The largest absolute Gasteiger partial charge is 0.493 e. The van der Waals surface area contributed by atoms with Gasteiger partial charge in [-0.2, -0.15) is 26.3 Å². The Morgan fingerprint density at radius 1 is 1.04 bits per heavy atom. The summed E-state index contributed by atoms with van der Waals surface area (Å²) in [6, 6.07) is 8.44. The number of nitrogens with one attached hydrogen (secondary N) is 1. The van der Waals surface area contributed by atoms with Crippen LogP contribution in [0.3, 0.4) is 0 Å². The number of fused-ring (bicyclic) bond motifs is 1. The van der Waals surface area contributed by atoms with Gasteiger partial charge in [0.05, 0.1) is 18.7 Å². The van der Waals surface area contributed by atoms with Gasteiger partial charge in [-0.15, -0.1) is 0 Å². The molecule has 2 aromatic carbocycles. The molecule has 3 aliphatic rings. The molecule has 2 fully saturated rings. The number of anilines is 1. The Labute approximate surface area is 259 Å². The van der Waals surface area contributed by atoms with Crippen LogP contribution < -0.4 is 15.0 Å². The van der Waals surface area contributed by atoms with Gasteiger partial charge < -0.3 is 19.6 Å². The van der Waals surface area contributed by atoms with Crippen LogP contribution in [0.15, 0.2) is 36.4 Å². The zero-order chi connectivity index (χ0) is 32.9. The first-order chi connectivity index (χ1) is 21.0. The number of amides is 1. The summed E-state index contributed by atoms with van der Waals surface area (Å²) in [5, 5.41) is 13.5. The molecular weight excluding hydrogens is 602 g/mol. The van der Waals surface area contributed by atoms with E-state index in [0.29, 0.717) is 51.1 Å². The van der Waals surface area contributed by atoms with Crippen molar-refractivity contribution in [1.82, 2.24) is 15.1 Å². The Hall–Kier alpha value is -3.03. The summed E-state index contributed by atoms with van der Waals surface area (Å²) in [6.45, 7) is 10.4. The Morgan fingerprint density at radius 2 is 1.76 bits per heavy atom. The van der Waals surface area contributed by atoms with Crippen LogP contribution in [0.2, 0.25) is 0 Å². The van der Waals surface area contributed by atoms with Crippen molar-refractivity contribution >= 4 is 11.6 Å². The third-order valence-corrected chi connectivity index (χ3v) is 9.37. The van der Waals surface area contributed by atoms with Gasteiger partial charge in [0.25, 0.3) is 5.60 Å². The van der Waals surface area contributed by atoms with Gasteiger partial charge in [-0.1, -0.05) is 37.6 Å². The van der Waals surface area contributed by atoms with Crippen molar-refractivity contribution in [3.8, 4) is 5.75 Å². The van der Waals surface area contributed by atoms with Gasteiger partial charge in [-0.3, -0.25) is 15.0 Å². The molecule has 0 bridgehead atoms. The number of hydrogen-bond acceptors (Lipinski definition) is 6. The first-order valence-electron chi connectivity index (χ1n) is 15.3. The van der Waals surface area contributed by atoms with Crippen LogP contribution in [0.1, 0.15) is 56.4 Å². The number of aryl methyl sites for hydroxylation is 1. The number of halogens is 6. The van der Waals surface area contributed by atoms with Gasteiger partial charge in [0.15, 0.2) is 0 Å². The van der Waals surface area contributed by atoms with E-state index in [4.69, 9.17) is 4.74 Å². The summed E-state index contributed by atoms with van der Waals surface area (Å²) >= 11 is 0. The molecule has 2 unspecified atom stereocenters. The molecule has 2 aromatic rings. The molecule has 3 aliphatic heterocycles. The number of rotatable bonds is 7. The molecule has 0 spiro atoms. The van der Waals surface area contributed by atoms with Gasteiger partial charge in [0.1, 0.15) is 5.75 Å². The van der Waals surface area contributed by atoms with Crippen LogP contribution >= 0.6 is 0 Å². The number of carbonyl (C=O) groups excluding carboxylic acids is 1. The Balaban J connectivity index is 1.28. The number of aliphatic hydroxyl groups is 1. The van der Waals surface area contributed by atoms with Gasteiger partial charge in [-0.05, 0) is 56.0 Å². The molecular formula is C32H40F6N4O3. The average molecular weight is 643 g/mol. The molecule has 0 aliphatic carbocycles.